The number of furan rings is 1. The predicted molar refractivity (Wildman–Crippen MR) is 139 cm³/mol. The van der Waals surface area contributed by atoms with Crippen LogP contribution in [-0.4, -0.2) is 43.8 Å². The largest absolute Gasteiger partial charge is 0.497 e. The standard InChI is InChI=1S/C25H24ClN3O5S2/c1-33-19-6-9-23-22(15-19)27-25(35-23)29(16-20-3-2-14-34-20)24(30)17-10-12-28(13-11-17)36(31,32)21-7-4-18(26)5-8-21/h2-9,14-15,17H,10-13,16H2,1H3. The van der Waals surface area contributed by atoms with E-state index in [1.807, 2.05) is 24.3 Å². The Morgan fingerprint density at radius 3 is 2.61 bits per heavy atom. The number of ether oxygens (including phenoxy) is 1. The van der Waals surface area contributed by atoms with Gasteiger partial charge in [0.25, 0.3) is 0 Å². The van der Waals surface area contributed by atoms with Gasteiger partial charge in [0.15, 0.2) is 5.13 Å². The number of rotatable bonds is 7. The van der Waals surface area contributed by atoms with Crippen LogP contribution in [0.5, 0.6) is 5.75 Å². The zero-order valence-electron chi connectivity index (χ0n) is 19.5. The summed E-state index contributed by atoms with van der Waals surface area (Å²) in [6.45, 7) is 0.756. The normalized spacial score (nSPS) is 15.3. The average Bonchev–Trinajstić information content (AvgIpc) is 3.56. The zero-order valence-corrected chi connectivity index (χ0v) is 21.9. The Labute approximate surface area is 218 Å². The Balaban J connectivity index is 1.36. The molecule has 0 saturated carbocycles. The van der Waals surface area contributed by atoms with Crippen LogP contribution in [0.4, 0.5) is 5.13 Å². The van der Waals surface area contributed by atoms with E-state index in [9.17, 15) is 13.2 Å². The maximum Gasteiger partial charge on any atom is 0.243 e. The van der Waals surface area contributed by atoms with E-state index in [0.29, 0.717) is 34.5 Å². The summed E-state index contributed by atoms with van der Waals surface area (Å²) in [4.78, 5) is 20.3. The molecule has 0 radical (unpaired) electrons. The van der Waals surface area contributed by atoms with Gasteiger partial charge in [-0.3, -0.25) is 9.69 Å². The Bertz CT molecular complexity index is 1460. The number of sulfonamides is 1. The molecule has 2 aromatic carbocycles. The number of benzene rings is 2. The first-order valence-electron chi connectivity index (χ1n) is 11.4. The number of carbonyl (C=O) groups is 1. The summed E-state index contributed by atoms with van der Waals surface area (Å²) in [6.07, 6.45) is 2.40. The van der Waals surface area contributed by atoms with Gasteiger partial charge in [-0.1, -0.05) is 22.9 Å². The molecule has 1 saturated heterocycles. The lowest BCUT2D eigenvalue weighted by Gasteiger charge is -2.32. The molecule has 0 atom stereocenters. The van der Waals surface area contributed by atoms with Gasteiger partial charge in [-0.05, 0) is 61.4 Å². The van der Waals surface area contributed by atoms with E-state index in [4.69, 9.17) is 25.7 Å². The molecule has 0 N–H and O–H groups in total. The highest BCUT2D eigenvalue weighted by atomic mass is 35.5. The van der Waals surface area contributed by atoms with Crippen LogP contribution >= 0.6 is 22.9 Å². The molecule has 8 nitrogen and oxygen atoms in total. The maximum atomic E-state index is 13.7. The van der Waals surface area contributed by atoms with E-state index in [1.54, 1.807) is 36.5 Å². The zero-order chi connectivity index (χ0) is 25.3. The number of thiazole rings is 1. The molecule has 0 spiro atoms. The molecule has 1 aliphatic heterocycles. The topological polar surface area (TPSA) is 93.0 Å². The lowest BCUT2D eigenvalue weighted by molar-refractivity contribution is -0.123. The van der Waals surface area contributed by atoms with Crippen molar-refractivity contribution in [3.8, 4) is 5.75 Å². The highest BCUT2D eigenvalue weighted by molar-refractivity contribution is 7.89. The van der Waals surface area contributed by atoms with Crippen molar-refractivity contribution in [1.82, 2.24) is 9.29 Å². The average molecular weight is 546 g/mol. The number of nitrogens with zero attached hydrogens (tertiary/aromatic N) is 3. The van der Waals surface area contributed by atoms with Crippen LogP contribution in [0, 0.1) is 5.92 Å². The smallest absolute Gasteiger partial charge is 0.243 e. The SMILES string of the molecule is COc1ccc2sc(N(Cc3ccco3)C(=O)C3CCN(S(=O)(=O)c4ccc(Cl)cc4)CC3)nc2c1. The van der Waals surface area contributed by atoms with Crippen LogP contribution in [0.25, 0.3) is 10.2 Å². The lowest BCUT2D eigenvalue weighted by atomic mass is 9.96. The quantitative estimate of drug-likeness (QED) is 0.317. The highest BCUT2D eigenvalue weighted by Gasteiger charge is 2.35. The van der Waals surface area contributed by atoms with Crippen molar-refractivity contribution in [2.45, 2.75) is 24.3 Å². The molecular formula is C25H24ClN3O5S2. The van der Waals surface area contributed by atoms with E-state index < -0.39 is 10.0 Å². The van der Waals surface area contributed by atoms with Gasteiger partial charge >= 0.3 is 0 Å². The van der Waals surface area contributed by atoms with Gasteiger partial charge in [0.2, 0.25) is 15.9 Å². The Morgan fingerprint density at radius 1 is 1.19 bits per heavy atom. The van der Waals surface area contributed by atoms with Crippen molar-refractivity contribution >= 4 is 54.2 Å². The van der Waals surface area contributed by atoms with Gasteiger partial charge in [-0.2, -0.15) is 4.31 Å². The number of piperidine rings is 1. The molecule has 0 unspecified atom stereocenters. The first-order valence-corrected chi connectivity index (χ1v) is 14.0. The van der Waals surface area contributed by atoms with Crippen molar-refractivity contribution in [2.75, 3.05) is 25.1 Å². The third-order valence-corrected chi connectivity index (χ3v) is 9.45. The number of halogens is 1. The van der Waals surface area contributed by atoms with Crippen molar-refractivity contribution < 1.29 is 22.4 Å². The fourth-order valence-electron chi connectivity index (χ4n) is 4.25. The summed E-state index contributed by atoms with van der Waals surface area (Å²) in [5.74, 6) is 0.902. The lowest BCUT2D eigenvalue weighted by Crippen LogP contribution is -2.44. The molecule has 0 bridgehead atoms. The predicted octanol–water partition coefficient (Wildman–Crippen LogP) is 5.19. The van der Waals surface area contributed by atoms with Gasteiger partial charge in [0.05, 0.1) is 35.0 Å². The molecule has 0 aliphatic carbocycles. The number of amides is 1. The summed E-state index contributed by atoms with van der Waals surface area (Å²) in [5.41, 5.74) is 0.746. The summed E-state index contributed by atoms with van der Waals surface area (Å²) >= 11 is 7.33. The van der Waals surface area contributed by atoms with Crippen LogP contribution in [0.2, 0.25) is 5.02 Å². The monoisotopic (exact) mass is 545 g/mol. The first kappa shape index (κ1) is 24.8. The summed E-state index contributed by atoms with van der Waals surface area (Å²) < 4.78 is 39.3. The molecule has 1 amide bonds. The molecule has 188 valence electrons. The molecule has 36 heavy (non-hydrogen) atoms. The number of hydrogen-bond donors (Lipinski definition) is 0. The van der Waals surface area contributed by atoms with E-state index >= 15 is 0 Å². The molecular weight excluding hydrogens is 522 g/mol. The third-order valence-electron chi connectivity index (χ3n) is 6.23. The third kappa shape index (κ3) is 4.99. The van der Waals surface area contributed by atoms with Crippen LogP contribution < -0.4 is 9.64 Å². The van der Waals surface area contributed by atoms with Gasteiger partial charge in [-0.15, -0.1) is 0 Å². The molecule has 4 aromatic rings. The van der Waals surface area contributed by atoms with Crippen molar-refractivity contribution in [3.05, 3.63) is 71.6 Å². The van der Waals surface area contributed by atoms with Gasteiger partial charge in [0, 0.05) is 30.1 Å². The van der Waals surface area contributed by atoms with Crippen LogP contribution in [-0.2, 0) is 21.4 Å². The fourth-order valence-corrected chi connectivity index (χ4v) is 6.80. The van der Waals surface area contributed by atoms with Gasteiger partial charge in [0.1, 0.15) is 11.5 Å². The minimum absolute atomic E-state index is 0.0963. The Kier molecular flexibility index (Phi) is 7.03. The number of carbonyl (C=O) groups excluding carboxylic acids is 1. The number of aromatic nitrogens is 1. The van der Waals surface area contributed by atoms with E-state index in [1.165, 1.54) is 27.8 Å². The molecule has 1 fully saturated rings. The maximum absolute atomic E-state index is 13.7. The van der Waals surface area contributed by atoms with E-state index in [-0.39, 0.29) is 36.4 Å². The van der Waals surface area contributed by atoms with E-state index in [0.717, 1.165) is 10.2 Å². The van der Waals surface area contributed by atoms with E-state index in [2.05, 4.69) is 0 Å². The number of methoxy groups -OCH3 is 1. The molecule has 11 heteroatoms. The fraction of sp³-hybridized carbons (Fsp3) is 0.280. The summed E-state index contributed by atoms with van der Waals surface area (Å²) in [6, 6.07) is 15.3. The molecule has 1 aliphatic rings. The second-order valence-corrected chi connectivity index (χ2v) is 11.8. The van der Waals surface area contributed by atoms with Crippen LogP contribution in [0.1, 0.15) is 18.6 Å². The minimum atomic E-state index is -3.65. The number of hydrogen-bond acceptors (Lipinski definition) is 7. The second-order valence-electron chi connectivity index (χ2n) is 8.47. The van der Waals surface area contributed by atoms with Crippen LogP contribution in [0.15, 0.2) is 70.2 Å². The molecule has 2 aromatic heterocycles. The first-order chi connectivity index (χ1) is 17.3. The van der Waals surface area contributed by atoms with Crippen molar-refractivity contribution in [3.63, 3.8) is 0 Å². The number of fused-ring (bicyclic) bond motifs is 1. The van der Waals surface area contributed by atoms with Crippen molar-refractivity contribution in [2.24, 2.45) is 5.92 Å². The number of anilines is 1. The Hall–Kier alpha value is -2.92. The Morgan fingerprint density at radius 2 is 1.94 bits per heavy atom. The summed E-state index contributed by atoms with van der Waals surface area (Å²) in [5, 5.41) is 1.04. The summed E-state index contributed by atoms with van der Waals surface area (Å²) in [7, 11) is -2.05. The van der Waals surface area contributed by atoms with Crippen molar-refractivity contribution in [1.29, 1.82) is 0 Å². The second kappa shape index (κ2) is 10.2. The molecule has 3 heterocycles. The minimum Gasteiger partial charge on any atom is -0.497 e. The molecule has 5 rings (SSSR count). The van der Waals surface area contributed by atoms with Gasteiger partial charge < -0.3 is 9.15 Å². The highest BCUT2D eigenvalue weighted by Crippen LogP contribution is 2.34. The van der Waals surface area contributed by atoms with Crippen LogP contribution in [0.3, 0.4) is 0 Å². The van der Waals surface area contributed by atoms with Gasteiger partial charge in [-0.25, -0.2) is 13.4 Å².